The van der Waals surface area contributed by atoms with Gasteiger partial charge in [0, 0.05) is 76.0 Å². The molecule has 0 bridgehead atoms. The number of methoxy groups -OCH3 is 1. The highest BCUT2D eigenvalue weighted by Crippen LogP contribution is 2.66. The third-order valence-electron chi connectivity index (χ3n) is 13.6. The van der Waals surface area contributed by atoms with Crippen LogP contribution in [0.3, 0.4) is 0 Å². The Morgan fingerprint density at radius 2 is 0.797 bits per heavy atom. The van der Waals surface area contributed by atoms with Crippen molar-refractivity contribution in [3.63, 3.8) is 0 Å². The standard InChI is InChI=1S/C58H71N5O/c1-5-8-11-14-17-20-42-61-49-26-23-28-51-55(49)58(41-40-45-32-34-46(35-33-45)59-60-47-36-38-48(64-4)39-37-47)56-50(61)27-24-29-52(56)63(44-22-19-16-13-10-7-3)54-31-25-30-53(57(54)58)62(51)43-21-18-15-12-9-6-2/h23-39H,5-22,42-44H2,1-4H3/i4D3. The van der Waals surface area contributed by atoms with Crippen LogP contribution >= 0.6 is 0 Å². The molecule has 0 aliphatic carbocycles. The van der Waals surface area contributed by atoms with Gasteiger partial charge in [0.15, 0.2) is 0 Å². The number of nitrogens with zero attached hydrogens (tertiary/aromatic N) is 5. The summed E-state index contributed by atoms with van der Waals surface area (Å²) in [5.74, 6) is 8.19. The van der Waals surface area contributed by atoms with Gasteiger partial charge in [-0.25, -0.2) is 0 Å². The van der Waals surface area contributed by atoms with Crippen molar-refractivity contribution in [3.05, 3.63) is 125 Å². The van der Waals surface area contributed by atoms with E-state index in [2.05, 4.69) is 124 Å². The zero-order valence-corrected chi connectivity index (χ0v) is 38.8. The second-order valence-electron chi connectivity index (χ2n) is 18.1. The van der Waals surface area contributed by atoms with Crippen LogP contribution in [0.4, 0.5) is 45.5 Å². The first-order valence-corrected chi connectivity index (χ1v) is 24.8. The Kier molecular flexibility index (Phi) is 14.1. The summed E-state index contributed by atoms with van der Waals surface area (Å²) in [4.78, 5) is 7.99. The van der Waals surface area contributed by atoms with Gasteiger partial charge >= 0.3 is 0 Å². The van der Waals surface area contributed by atoms with Gasteiger partial charge in [-0.05, 0) is 104 Å². The fourth-order valence-corrected chi connectivity index (χ4v) is 10.4. The van der Waals surface area contributed by atoms with Crippen molar-refractivity contribution >= 4 is 45.5 Å². The molecule has 0 aromatic heterocycles. The highest BCUT2D eigenvalue weighted by atomic mass is 16.5. The lowest BCUT2D eigenvalue weighted by molar-refractivity contribution is 0.415. The van der Waals surface area contributed by atoms with Crippen LogP contribution in [-0.4, -0.2) is 26.7 Å². The molecule has 0 fully saturated rings. The van der Waals surface area contributed by atoms with E-state index in [-0.39, 0.29) is 5.75 Å². The molecule has 0 unspecified atom stereocenters. The second kappa shape index (κ2) is 21.9. The summed E-state index contributed by atoms with van der Waals surface area (Å²) in [6.07, 6.45) is 22.6. The molecule has 0 radical (unpaired) electrons. The number of hydrogen-bond donors (Lipinski definition) is 0. The molecule has 0 N–H and O–H groups in total. The highest BCUT2D eigenvalue weighted by molar-refractivity contribution is 6.02. The molecule has 5 aromatic rings. The number of rotatable bonds is 24. The fourth-order valence-electron chi connectivity index (χ4n) is 10.4. The molecule has 64 heavy (non-hydrogen) atoms. The Labute approximate surface area is 389 Å². The molecule has 334 valence electrons. The predicted molar refractivity (Wildman–Crippen MR) is 271 cm³/mol. The third-order valence-corrected chi connectivity index (χ3v) is 13.6. The van der Waals surface area contributed by atoms with Crippen molar-refractivity contribution in [2.75, 3.05) is 41.4 Å². The van der Waals surface area contributed by atoms with Crippen LogP contribution in [-0.2, 0) is 5.41 Å². The van der Waals surface area contributed by atoms with Crippen molar-refractivity contribution in [2.45, 2.75) is 142 Å². The maximum atomic E-state index is 7.37. The van der Waals surface area contributed by atoms with E-state index >= 15 is 0 Å². The molecular formula is C58H71N5O. The number of unbranched alkanes of at least 4 members (excludes halogenated alkanes) is 15. The molecule has 3 heterocycles. The molecular weight excluding hydrogens is 783 g/mol. The van der Waals surface area contributed by atoms with E-state index in [1.54, 1.807) is 24.3 Å². The lowest BCUT2D eigenvalue weighted by Gasteiger charge is -2.54. The van der Waals surface area contributed by atoms with Crippen molar-refractivity contribution in [2.24, 2.45) is 10.2 Å². The van der Waals surface area contributed by atoms with Crippen molar-refractivity contribution in [1.82, 2.24) is 0 Å². The number of hydrogen-bond acceptors (Lipinski definition) is 6. The zero-order valence-electron chi connectivity index (χ0n) is 41.8. The number of azo groups is 1. The van der Waals surface area contributed by atoms with E-state index in [4.69, 9.17) is 8.85 Å². The average Bonchev–Trinajstić information content (AvgIpc) is 3.33. The number of anilines is 6. The smallest absolute Gasteiger partial charge is 0.119 e. The van der Waals surface area contributed by atoms with Crippen LogP contribution in [0.2, 0.25) is 0 Å². The minimum absolute atomic E-state index is 0.262. The molecule has 3 aliphatic heterocycles. The number of benzene rings is 5. The SMILES string of the molecule is [2H]C([2H])([2H])Oc1ccc(N=Nc2ccc(C#CC34c5c6cccc5N(CCCCCCCC)c5cccc(c53)N(CCCCCCCC)c3cccc(c34)N6CCCCCCCC)cc2)cc1. The van der Waals surface area contributed by atoms with Gasteiger partial charge in [0.05, 0.1) is 22.5 Å². The van der Waals surface area contributed by atoms with Crippen molar-refractivity contribution in [1.29, 1.82) is 0 Å². The first-order chi connectivity index (χ1) is 32.8. The Morgan fingerprint density at radius 1 is 0.453 bits per heavy atom. The lowest BCUT2D eigenvalue weighted by Crippen LogP contribution is -2.47. The van der Waals surface area contributed by atoms with Crippen LogP contribution in [0.15, 0.2) is 113 Å². The Balaban J connectivity index is 1.22. The van der Waals surface area contributed by atoms with Gasteiger partial charge in [-0.15, -0.1) is 0 Å². The van der Waals surface area contributed by atoms with Crippen LogP contribution in [0, 0.1) is 11.8 Å². The predicted octanol–water partition coefficient (Wildman–Crippen LogP) is 16.9. The largest absolute Gasteiger partial charge is 0.497 e. The number of ether oxygens (including phenoxy) is 1. The Hall–Kier alpha value is -5.54. The van der Waals surface area contributed by atoms with E-state index in [1.807, 2.05) is 12.1 Å². The maximum absolute atomic E-state index is 7.37. The summed E-state index contributed by atoms with van der Waals surface area (Å²) in [6, 6.07) is 35.8. The molecule has 0 spiro atoms. The monoisotopic (exact) mass is 857 g/mol. The fraction of sp³-hybridized carbons (Fsp3) is 0.448. The van der Waals surface area contributed by atoms with Gasteiger partial charge in [-0.2, -0.15) is 10.2 Å². The van der Waals surface area contributed by atoms with Gasteiger partial charge in [0.1, 0.15) is 11.2 Å². The summed E-state index contributed by atoms with van der Waals surface area (Å²) in [5.41, 5.74) is 13.3. The van der Waals surface area contributed by atoms with Crippen LogP contribution < -0.4 is 19.4 Å². The van der Waals surface area contributed by atoms with Gasteiger partial charge in [0.2, 0.25) is 0 Å². The van der Waals surface area contributed by atoms with Crippen LogP contribution in [0.25, 0.3) is 0 Å². The van der Waals surface area contributed by atoms with Gasteiger partial charge in [-0.3, -0.25) is 0 Å². The van der Waals surface area contributed by atoms with Crippen molar-refractivity contribution in [3.8, 4) is 17.6 Å². The molecule has 8 rings (SSSR count). The van der Waals surface area contributed by atoms with Crippen molar-refractivity contribution < 1.29 is 8.85 Å². The van der Waals surface area contributed by atoms with Gasteiger partial charge < -0.3 is 19.4 Å². The lowest BCUT2D eigenvalue weighted by atomic mass is 9.61. The maximum Gasteiger partial charge on any atom is 0.119 e. The quantitative estimate of drug-likeness (QED) is 0.0352. The summed E-state index contributed by atoms with van der Waals surface area (Å²) in [5, 5.41) is 8.91. The minimum atomic E-state index is -2.50. The van der Waals surface area contributed by atoms with Gasteiger partial charge in [0.25, 0.3) is 0 Å². The average molecular weight is 857 g/mol. The molecule has 5 aromatic carbocycles. The van der Waals surface area contributed by atoms with Crippen LogP contribution in [0.5, 0.6) is 5.75 Å². The summed E-state index contributed by atoms with van der Waals surface area (Å²) in [7, 11) is -2.50. The van der Waals surface area contributed by atoms with E-state index in [1.165, 1.54) is 147 Å². The molecule has 6 nitrogen and oxygen atoms in total. The third kappa shape index (κ3) is 9.46. The first-order valence-electron chi connectivity index (χ1n) is 26.3. The molecule has 6 heteroatoms. The second-order valence-corrected chi connectivity index (χ2v) is 18.1. The summed E-state index contributed by atoms with van der Waals surface area (Å²) < 4.78 is 27.1. The zero-order chi connectivity index (χ0) is 46.6. The molecule has 3 aliphatic rings. The summed E-state index contributed by atoms with van der Waals surface area (Å²) in [6.45, 7) is 9.81. The van der Waals surface area contributed by atoms with E-state index in [0.717, 1.165) is 44.5 Å². The minimum Gasteiger partial charge on any atom is -0.497 e. The molecule has 0 amide bonds. The van der Waals surface area contributed by atoms with Gasteiger partial charge in [-0.1, -0.05) is 147 Å². The molecule has 0 saturated heterocycles. The Bertz CT molecular complexity index is 2260. The topological polar surface area (TPSA) is 43.7 Å². The Morgan fingerprint density at radius 3 is 1.16 bits per heavy atom. The van der Waals surface area contributed by atoms with E-state index in [0.29, 0.717) is 11.4 Å². The van der Waals surface area contributed by atoms with E-state index < -0.39 is 12.5 Å². The molecule has 0 saturated carbocycles. The highest BCUT2D eigenvalue weighted by Gasteiger charge is 2.55. The molecule has 0 atom stereocenters. The normalized spacial score (nSPS) is 14.7. The first kappa shape index (κ1) is 41.2. The van der Waals surface area contributed by atoms with E-state index in [9.17, 15) is 0 Å². The summed E-state index contributed by atoms with van der Waals surface area (Å²) >= 11 is 0. The van der Waals surface area contributed by atoms with Crippen LogP contribution in [0.1, 0.15) is 163 Å².